The van der Waals surface area contributed by atoms with E-state index in [2.05, 4.69) is 10.6 Å². The molecule has 1 aliphatic heterocycles. The molecule has 0 radical (unpaired) electrons. The number of hydrogen-bond donors (Lipinski definition) is 2. The second-order valence-electron chi connectivity index (χ2n) is 7.61. The molecule has 0 unspecified atom stereocenters. The third-order valence-electron chi connectivity index (χ3n) is 5.95. The quantitative estimate of drug-likeness (QED) is 0.735. The van der Waals surface area contributed by atoms with Crippen molar-refractivity contribution in [3.63, 3.8) is 0 Å². The van der Waals surface area contributed by atoms with Crippen molar-refractivity contribution in [3.05, 3.63) is 29.8 Å². The van der Waals surface area contributed by atoms with E-state index in [0.29, 0.717) is 17.7 Å². The number of nitrogens with zero attached hydrogens (tertiary/aromatic N) is 1. The number of hydrogen-bond acceptors (Lipinski definition) is 4. The first-order valence-corrected chi connectivity index (χ1v) is 10.0. The summed E-state index contributed by atoms with van der Waals surface area (Å²) in [6, 6.07) is 5.80. The van der Waals surface area contributed by atoms with Crippen LogP contribution in [-0.2, 0) is 15.1 Å². The molecule has 3 rings (SSSR count). The summed E-state index contributed by atoms with van der Waals surface area (Å²) in [5.41, 5.74) is -0.487. The molecule has 0 aromatic heterocycles. The summed E-state index contributed by atoms with van der Waals surface area (Å²) in [5, 5.41) is 5.83. The van der Waals surface area contributed by atoms with E-state index in [0.717, 1.165) is 30.6 Å². The van der Waals surface area contributed by atoms with E-state index in [9.17, 15) is 14.4 Å². The van der Waals surface area contributed by atoms with E-state index in [-0.39, 0.29) is 11.9 Å². The van der Waals surface area contributed by atoms with Gasteiger partial charge in [-0.15, -0.1) is 0 Å². The zero-order valence-electron chi connectivity index (χ0n) is 16.8. The van der Waals surface area contributed by atoms with Crippen LogP contribution in [0.3, 0.4) is 0 Å². The van der Waals surface area contributed by atoms with Gasteiger partial charge in [0.25, 0.3) is 5.91 Å². The summed E-state index contributed by atoms with van der Waals surface area (Å²) in [5.74, 6) is -0.00245. The van der Waals surface area contributed by atoms with Crippen molar-refractivity contribution in [2.45, 2.75) is 70.0 Å². The molecule has 7 heteroatoms. The van der Waals surface area contributed by atoms with Crippen molar-refractivity contribution in [1.82, 2.24) is 15.5 Å². The van der Waals surface area contributed by atoms with Gasteiger partial charge in [0.2, 0.25) is 5.91 Å². The maximum absolute atomic E-state index is 13.3. The predicted molar refractivity (Wildman–Crippen MR) is 105 cm³/mol. The topological polar surface area (TPSA) is 87.7 Å². The fourth-order valence-electron chi connectivity index (χ4n) is 4.15. The van der Waals surface area contributed by atoms with E-state index in [4.69, 9.17) is 4.74 Å². The largest absolute Gasteiger partial charge is 0.497 e. The first kappa shape index (κ1) is 20.2. The fourth-order valence-corrected chi connectivity index (χ4v) is 4.15. The van der Waals surface area contributed by atoms with Crippen molar-refractivity contribution in [2.24, 2.45) is 0 Å². The van der Waals surface area contributed by atoms with Gasteiger partial charge in [-0.2, -0.15) is 0 Å². The monoisotopic (exact) mass is 387 g/mol. The van der Waals surface area contributed by atoms with Gasteiger partial charge >= 0.3 is 6.03 Å². The van der Waals surface area contributed by atoms with Crippen LogP contribution in [0, 0.1) is 0 Å². The summed E-state index contributed by atoms with van der Waals surface area (Å²) >= 11 is 0. The Hall–Kier alpha value is -2.57. The average Bonchev–Trinajstić information content (AvgIpc) is 2.98. The van der Waals surface area contributed by atoms with Gasteiger partial charge in [0.15, 0.2) is 0 Å². The normalized spacial score (nSPS) is 24.0. The molecule has 0 spiro atoms. The number of nitrogens with one attached hydrogen (secondary N) is 2. The number of urea groups is 1. The number of methoxy groups -OCH3 is 1. The lowest BCUT2D eigenvalue weighted by Crippen LogP contribution is -2.51. The molecule has 2 fully saturated rings. The number of benzene rings is 1. The molecule has 1 aromatic rings. The van der Waals surface area contributed by atoms with Crippen LogP contribution < -0.4 is 15.4 Å². The molecular formula is C21H29N3O4. The van der Waals surface area contributed by atoms with E-state index >= 15 is 0 Å². The number of carbonyl (C=O) groups excluding carboxylic acids is 3. The van der Waals surface area contributed by atoms with Crippen LogP contribution in [0.1, 0.15) is 57.9 Å². The Morgan fingerprint density at radius 3 is 2.46 bits per heavy atom. The molecule has 0 bridgehead atoms. The highest BCUT2D eigenvalue weighted by Crippen LogP contribution is 2.34. The third-order valence-corrected chi connectivity index (χ3v) is 5.95. The van der Waals surface area contributed by atoms with Crippen LogP contribution in [0.15, 0.2) is 24.3 Å². The third kappa shape index (κ3) is 3.57. The molecular weight excluding hydrogens is 358 g/mol. The average molecular weight is 387 g/mol. The molecule has 1 saturated carbocycles. The number of amides is 4. The SMILES string of the molecule is CC[C@]1(c2ccc(OC)cc2)NC(=O)N([C@H](C)C(=O)NC2CCCCC2)C1=O. The Morgan fingerprint density at radius 2 is 1.89 bits per heavy atom. The number of rotatable bonds is 6. The highest BCUT2D eigenvalue weighted by Gasteiger charge is 2.53. The highest BCUT2D eigenvalue weighted by atomic mass is 16.5. The Bertz CT molecular complexity index is 743. The highest BCUT2D eigenvalue weighted by molar-refractivity contribution is 6.10. The number of ether oxygens (including phenoxy) is 1. The molecule has 2 N–H and O–H groups in total. The summed E-state index contributed by atoms with van der Waals surface area (Å²) < 4.78 is 5.17. The summed E-state index contributed by atoms with van der Waals surface area (Å²) in [6.45, 7) is 3.45. The minimum atomic E-state index is -1.16. The summed E-state index contributed by atoms with van der Waals surface area (Å²) in [7, 11) is 1.57. The maximum Gasteiger partial charge on any atom is 0.326 e. The van der Waals surface area contributed by atoms with Crippen LogP contribution in [0.25, 0.3) is 0 Å². The lowest BCUT2D eigenvalue weighted by Gasteiger charge is -2.29. The smallest absolute Gasteiger partial charge is 0.326 e. The van der Waals surface area contributed by atoms with Crippen LogP contribution >= 0.6 is 0 Å². The van der Waals surface area contributed by atoms with Gasteiger partial charge in [-0.25, -0.2) is 9.69 Å². The number of carbonyl (C=O) groups is 3. The Balaban J connectivity index is 1.79. The van der Waals surface area contributed by atoms with Gasteiger partial charge in [-0.1, -0.05) is 38.3 Å². The van der Waals surface area contributed by atoms with Crippen molar-refractivity contribution in [3.8, 4) is 5.75 Å². The molecule has 7 nitrogen and oxygen atoms in total. The van der Waals surface area contributed by atoms with Crippen molar-refractivity contribution in [1.29, 1.82) is 0 Å². The van der Waals surface area contributed by atoms with Gasteiger partial charge in [0, 0.05) is 6.04 Å². The Labute approximate surface area is 165 Å². The molecule has 2 atom stereocenters. The summed E-state index contributed by atoms with van der Waals surface area (Å²) in [4.78, 5) is 39.7. The lowest BCUT2D eigenvalue weighted by atomic mass is 9.87. The van der Waals surface area contributed by atoms with Crippen LogP contribution in [-0.4, -0.2) is 41.9 Å². The van der Waals surface area contributed by atoms with Gasteiger partial charge in [0.1, 0.15) is 17.3 Å². The van der Waals surface area contributed by atoms with Crippen molar-refractivity contribution in [2.75, 3.05) is 7.11 Å². The molecule has 1 heterocycles. The minimum Gasteiger partial charge on any atom is -0.497 e. The summed E-state index contributed by atoms with van der Waals surface area (Å²) in [6.07, 6.45) is 5.66. The van der Waals surface area contributed by atoms with Crippen LogP contribution in [0.4, 0.5) is 4.79 Å². The Morgan fingerprint density at radius 1 is 1.25 bits per heavy atom. The zero-order chi connectivity index (χ0) is 20.3. The zero-order valence-corrected chi connectivity index (χ0v) is 16.8. The molecule has 152 valence electrons. The molecule has 1 aliphatic carbocycles. The maximum atomic E-state index is 13.3. The lowest BCUT2D eigenvalue weighted by molar-refractivity contribution is -0.138. The van der Waals surface area contributed by atoms with Crippen molar-refractivity contribution >= 4 is 17.8 Å². The first-order chi connectivity index (χ1) is 13.4. The Kier molecular flexibility index (Phi) is 5.91. The van der Waals surface area contributed by atoms with E-state index in [1.807, 2.05) is 6.92 Å². The minimum absolute atomic E-state index is 0.127. The molecule has 1 saturated heterocycles. The number of imide groups is 1. The predicted octanol–water partition coefficient (Wildman–Crippen LogP) is 2.69. The first-order valence-electron chi connectivity index (χ1n) is 10.0. The van der Waals surface area contributed by atoms with Crippen LogP contribution in [0.2, 0.25) is 0 Å². The van der Waals surface area contributed by atoms with E-state index in [1.165, 1.54) is 6.42 Å². The van der Waals surface area contributed by atoms with Gasteiger partial charge < -0.3 is 15.4 Å². The molecule has 28 heavy (non-hydrogen) atoms. The van der Waals surface area contributed by atoms with E-state index < -0.39 is 23.5 Å². The van der Waals surface area contributed by atoms with Gasteiger partial charge in [0.05, 0.1) is 7.11 Å². The van der Waals surface area contributed by atoms with Gasteiger partial charge in [-0.3, -0.25) is 9.59 Å². The second-order valence-corrected chi connectivity index (χ2v) is 7.61. The van der Waals surface area contributed by atoms with Crippen molar-refractivity contribution < 1.29 is 19.1 Å². The fraction of sp³-hybridized carbons (Fsp3) is 0.571. The van der Waals surface area contributed by atoms with Gasteiger partial charge in [-0.05, 0) is 43.9 Å². The molecule has 2 aliphatic rings. The standard InChI is InChI=1S/C21H29N3O4/c1-4-21(15-10-12-17(28-3)13-11-15)19(26)24(20(27)23-21)14(2)18(25)22-16-8-6-5-7-9-16/h10-14,16H,4-9H2,1-3H3,(H,22,25)(H,23,27)/t14-,21-/m1/s1. The molecule has 1 aromatic carbocycles. The molecule has 4 amide bonds. The van der Waals surface area contributed by atoms with E-state index in [1.54, 1.807) is 38.3 Å². The van der Waals surface area contributed by atoms with Crippen LogP contribution in [0.5, 0.6) is 5.75 Å². The second kappa shape index (κ2) is 8.20.